The number of carbonyl (C=O) groups is 2. The molecule has 0 aromatic heterocycles. The molecule has 0 fully saturated rings. The molecule has 0 amide bonds. The molecule has 4 nitrogen and oxygen atoms in total. The molecule has 0 aliphatic heterocycles. The van der Waals surface area contributed by atoms with Gasteiger partial charge in [0.25, 0.3) is 0 Å². The van der Waals surface area contributed by atoms with Crippen LogP contribution in [-0.4, -0.2) is 23.3 Å². The van der Waals surface area contributed by atoms with Crippen LogP contribution in [0.4, 0.5) is 0 Å². The van der Waals surface area contributed by atoms with Crippen LogP contribution in [0.5, 0.6) is 0 Å². The van der Waals surface area contributed by atoms with Gasteiger partial charge in [0.05, 0.1) is 0 Å². The Morgan fingerprint density at radius 1 is 1.06 bits per heavy atom. The molecule has 0 saturated carbocycles. The van der Waals surface area contributed by atoms with Crippen molar-refractivity contribution in [2.24, 2.45) is 0 Å². The molecule has 0 atom stereocenters. The van der Waals surface area contributed by atoms with E-state index in [9.17, 15) is 9.59 Å². The Bertz CT molecular complexity index is 305. The second kappa shape index (κ2) is 5.75. The van der Waals surface area contributed by atoms with Crippen LogP contribution in [0.3, 0.4) is 0 Å². The minimum atomic E-state index is -1.36. The fourth-order valence-electron chi connectivity index (χ4n) is 0.615. The average Bonchev–Trinajstić information content (AvgIpc) is 2.17. The van der Waals surface area contributed by atoms with Gasteiger partial charge in [-0.15, -0.1) is 0 Å². The van der Waals surface area contributed by atoms with Crippen LogP contribution in [0.15, 0.2) is 24.3 Å². The SMILES string of the molecule is C=C(C)C(=O)OC(C)(OC(=O)C(=C)C)SC. The number of carbonyl (C=O) groups excluding carboxylic acids is 2. The van der Waals surface area contributed by atoms with Gasteiger partial charge in [0.1, 0.15) is 0 Å². The molecule has 0 unspecified atom stereocenters. The molecule has 0 aromatic rings. The summed E-state index contributed by atoms with van der Waals surface area (Å²) in [6.07, 6.45) is 1.66. The average molecular weight is 244 g/mol. The van der Waals surface area contributed by atoms with Gasteiger partial charge in [0, 0.05) is 18.1 Å². The lowest BCUT2D eigenvalue weighted by molar-refractivity contribution is -0.187. The molecule has 0 aromatic carbocycles. The van der Waals surface area contributed by atoms with E-state index in [1.165, 1.54) is 20.8 Å². The Kier molecular flexibility index (Phi) is 5.30. The molecule has 0 aliphatic carbocycles. The number of hydrogen-bond donors (Lipinski definition) is 0. The first-order valence-corrected chi connectivity index (χ1v) is 5.77. The smallest absolute Gasteiger partial charge is 0.337 e. The Hall–Kier alpha value is -1.23. The van der Waals surface area contributed by atoms with Crippen molar-refractivity contribution >= 4 is 23.7 Å². The van der Waals surface area contributed by atoms with Crippen molar-refractivity contribution in [3.05, 3.63) is 24.3 Å². The van der Waals surface area contributed by atoms with E-state index < -0.39 is 17.1 Å². The summed E-state index contributed by atoms with van der Waals surface area (Å²) in [6.45, 7) is 11.4. The van der Waals surface area contributed by atoms with Crippen LogP contribution in [0.2, 0.25) is 0 Å². The number of esters is 2. The summed E-state index contributed by atoms with van der Waals surface area (Å²) in [5.41, 5.74) is 0.485. The number of thioether (sulfide) groups is 1. The molecule has 0 spiro atoms. The summed E-state index contributed by atoms with van der Waals surface area (Å²) in [7, 11) is 0. The standard InChI is InChI=1S/C11H16O4S/c1-7(2)9(12)14-11(5,16-6)15-10(13)8(3)4/h1,3H2,2,4-6H3. The van der Waals surface area contributed by atoms with E-state index in [0.717, 1.165) is 11.8 Å². The van der Waals surface area contributed by atoms with Crippen molar-refractivity contribution in [1.29, 1.82) is 0 Å². The van der Waals surface area contributed by atoms with Crippen molar-refractivity contribution < 1.29 is 19.1 Å². The Morgan fingerprint density at radius 2 is 1.38 bits per heavy atom. The van der Waals surface area contributed by atoms with Crippen molar-refractivity contribution in [3.8, 4) is 0 Å². The second-order valence-corrected chi connectivity index (χ2v) is 4.56. The van der Waals surface area contributed by atoms with E-state index in [1.54, 1.807) is 6.26 Å². The molecule has 90 valence electrons. The molecular weight excluding hydrogens is 228 g/mol. The number of hydrogen-bond acceptors (Lipinski definition) is 5. The lowest BCUT2D eigenvalue weighted by Crippen LogP contribution is -2.34. The molecule has 0 heterocycles. The van der Waals surface area contributed by atoms with E-state index in [1.807, 2.05) is 0 Å². The maximum atomic E-state index is 11.3. The van der Waals surface area contributed by atoms with Crippen LogP contribution in [0.1, 0.15) is 20.8 Å². The summed E-state index contributed by atoms with van der Waals surface area (Å²) in [4.78, 5) is 22.6. The van der Waals surface area contributed by atoms with Gasteiger partial charge < -0.3 is 9.47 Å². The van der Waals surface area contributed by atoms with Gasteiger partial charge in [-0.2, -0.15) is 0 Å². The largest absolute Gasteiger partial charge is 0.410 e. The fraction of sp³-hybridized carbons (Fsp3) is 0.455. The van der Waals surface area contributed by atoms with Crippen LogP contribution in [0, 0.1) is 0 Å². The van der Waals surface area contributed by atoms with Gasteiger partial charge in [-0.3, -0.25) is 0 Å². The van der Waals surface area contributed by atoms with Gasteiger partial charge >= 0.3 is 17.1 Å². The Morgan fingerprint density at radius 3 is 1.56 bits per heavy atom. The zero-order valence-corrected chi connectivity index (χ0v) is 10.8. The summed E-state index contributed by atoms with van der Waals surface area (Å²) >= 11 is 1.10. The Balaban J connectivity index is 4.66. The minimum Gasteiger partial charge on any atom is -0.410 e. The zero-order valence-electron chi connectivity index (χ0n) is 9.96. The predicted molar refractivity (Wildman–Crippen MR) is 63.7 cm³/mol. The first-order valence-electron chi connectivity index (χ1n) is 4.54. The molecule has 0 N–H and O–H groups in total. The molecule has 0 bridgehead atoms. The number of ether oxygens (including phenoxy) is 2. The molecule has 0 radical (unpaired) electrons. The molecule has 0 aliphatic rings. The summed E-state index contributed by atoms with van der Waals surface area (Å²) in [5.74, 6) is -1.21. The highest BCUT2D eigenvalue weighted by molar-refractivity contribution is 7.99. The molecule has 5 heteroatoms. The fourth-order valence-corrected chi connectivity index (χ4v) is 0.933. The monoisotopic (exact) mass is 244 g/mol. The predicted octanol–water partition coefficient (Wildman–Crippen LogP) is 2.26. The highest BCUT2D eigenvalue weighted by Gasteiger charge is 2.32. The molecule has 0 rings (SSSR count). The maximum absolute atomic E-state index is 11.3. The van der Waals surface area contributed by atoms with Gasteiger partial charge in [-0.05, 0) is 20.1 Å². The van der Waals surface area contributed by atoms with E-state index in [4.69, 9.17) is 9.47 Å². The molecule has 0 saturated heterocycles. The summed E-state index contributed by atoms with van der Waals surface area (Å²) in [5, 5.41) is -1.36. The normalized spacial score (nSPS) is 10.5. The van der Waals surface area contributed by atoms with E-state index >= 15 is 0 Å². The van der Waals surface area contributed by atoms with Gasteiger partial charge in [-0.25, -0.2) is 9.59 Å². The first-order chi connectivity index (χ1) is 7.22. The quantitative estimate of drug-likeness (QED) is 0.422. The maximum Gasteiger partial charge on any atom is 0.337 e. The van der Waals surface area contributed by atoms with Crippen molar-refractivity contribution in [1.82, 2.24) is 0 Å². The van der Waals surface area contributed by atoms with Crippen molar-refractivity contribution in [2.75, 3.05) is 6.26 Å². The van der Waals surface area contributed by atoms with Gasteiger partial charge in [-0.1, -0.05) is 24.9 Å². The van der Waals surface area contributed by atoms with E-state index in [-0.39, 0.29) is 11.1 Å². The van der Waals surface area contributed by atoms with E-state index in [2.05, 4.69) is 13.2 Å². The third-order valence-electron chi connectivity index (χ3n) is 1.62. The lowest BCUT2D eigenvalue weighted by atomic mass is 10.3. The third kappa shape index (κ3) is 4.53. The van der Waals surface area contributed by atoms with E-state index in [0.29, 0.717) is 0 Å². The Labute approximate surface area is 99.7 Å². The first kappa shape index (κ1) is 14.8. The van der Waals surface area contributed by atoms with Crippen LogP contribution in [0.25, 0.3) is 0 Å². The van der Waals surface area contributed by atoms with Crippen LogP contribution in [-0.2, 0) is 19.1 Å². The van der Waals surface area contributed by atoms with Crippen LogP contribution >= 0.6 is 11.8 Å². The van der Waals surface area contributed by atoms with Crippen LogP contribution < -0.4 is 0 Å². The van der Waals surface area contributed by atoms with Crippen molar-refractivity contribution in [3.63, 3.8) is 0 Å². The highest BCUT2D eigenvalue weighted by atomic mass is 32.2. The summed E-state index contributed by atoms with van der Waals surface area (Å²) < 4.78 is 10.0. The number of rotatable bonds is 5. The zero-order chi connectivity index (χ0) is 12.9. The van der Waals surface area contributed by atoms with Gasteiger partial charge in [0.2, 0.25) is 0 Å². The third-order valence-corrected chi connectivity index (χ3v) is 2.53. The second-order valence-electron chi connectivity index (χ2n) is 3.41. The minimum absolute atomic E-state index is 0.242. The highest BCUT2D eigenvalue weighted by Crippen LogP contribution is 2.27. The van der Waals surface area contributed by atoms with Gasteiger partial charge in [0.15, 0.2) is 0 Å². The topological polar surface area (TPSA) is 52.6 Å². The van der Waals surface area contributed by atoms with Crippen molar-refractivity contribution in [2.45, 2.75) is 25.9 Å². The molecular formula is C11H16O4S. The lowest BCUT2D eigenvalue weighted by Gasteiger charge is -2.26. The molecule has 16 heavy (non-hydrogen) atoms. The summed E-state index contributed by atoms with van der Waals surface area (Å²) in [6, 6.07) is 0.